The van der Waals surface area contributed by atoms with Gasteiger partial charge in [0.2, 0.25) is 5.91 Å². The number of hydrogen-bond acceptors (Lipinski definition) is 4. The Bertz CT molecular complexity index is 472. The molecule has 6 nitrogen and oxygen atoms in total. The van der Waals surface area contributed by atoms with Gasteiger partial charge in [0.25, 0.3) is 5.56 Å². The van der Waals surface area contributed by atoms with E-state index in [1.165, 1.54) is 6.20 Å². The van der Waals surface area contributed by atoms with Crippen LogP contribution in [0.25, 0.3) is 0 Å². The normalized spacial score (nSPS) is 10.5. The number of nitrogens with one attached hydrogen (secondary N) is 2. The fraction of sp³-hybridized carbons (Fsp3) is 0.545. The number of hydrogen-bond donors (Lipinski definition) is 2. The molecule has 0 aliphatic heterocycles. The average molecular weight is 273 g/mol. The number of aromatic nitrogens is 2. The molecule has 2 N–H and O–H groups in total. The van der Waals surface area contributed by atoms with Crippen LogP contribution in [0.4, 0.5) is 5.69 Å². The Morgan fingerprint density at radius 3 is 2.83 bits per heavy atom. The van der Waals surface area contributed by atoms with Gasteiger partial charge >= 0.3 is 0 Å². The molecular weight excluding hydrogens is 256 g/mol. The van der Waals surface area contributed by atoms with Crippen LogP contribution >= 0.6 is 11.6 Å². The number of nitrogens with zero attached hydrogens (tertiary/aromatic N) is 2. The Balaban J connectivity index is 2.87. The minimum atomic E-state index is -0.461. The molecule has 0 aliphatic rings. The summed E-state index contributed by atoms with van der Waals surface area (Å²) in [5.41, 5.74) is -0.00120. The second-order valence-electron chi connectivity index (χ2n) is 4.13. The number of halogens is 1. The molecule has 0 fully saturated rings. The van der Waals surface area contributed by atoms with Crippen molar-refractivity contribution in [1.82, 2.24) is 15.5 Å². The molecular formula is C11H17ClN4O2. The highest BCUT2D eigenvalue weighted by molar-refractivity contribution is 6.33. The molecule has 0 spiro atoms. The van der Waals surface area contributed by atoms with Gasteiger partial charge < -0.3 is 10.2 Å². The smallest absolute Gasteiger partial charge is 0.285 e. The maximum atomic E-state index is 11.7. The highest BCUT2D eigenvalue weighted by Gasteiger charge is 2.15. The summed E-state index contributed by atoms with van der Waals surface area (Å²) < 4.78 is 0. The first-order chi connectivity index (χ1) is 8.45. The van der Waals surface area contributed by atoms with Crippen LogP contribution in [0.15, 0.2) is 11.0 Å². The van der Waals surface area contributed by atoms with Crippen molar-refractivity contribution in [3.05, 3.63) is 21.6 Å². The van der Waals surface area contributed by atoms with E-state index in [9.17, 15) is 9.59 Å². The largest absolute Gasteiger partial charge is 0.360 e. The fourth-order valence-electron chi connectivity index (χ4n) is 1.50. The molecule has 1 amide bonds. The van der Waals surface area contributed by atoms with Gasteiger partial charge in [0.1, 0.15) is 5.02 Å². The van der Waals surface area contributed by atoms with E-state index in [-0.39, 0.29) is 23.5 Å². The average Bonchev–Trinajstić information content (AvgIpc) is 2.29. The van der Waals surface area contributed by atoms with Crippen molar-refractivity contribution in [2.24, 2.45) is 0 Å². The quantitative estimate of drug-likeness (QED) is 0.830. The van der Waals surface area contributed by atoms with Crippen LogP contribution in [0.1, 0.15) is 20.8 Å². The van der Waals surface area contributed by atoms with Gasteiger partial charge in [-0.3, -0.25) is 9.59 Å². The Kier molecular flexibility index (Phi) is 5.15. The third-order valence-electron chi connectivity index (χ3n) is 2.28. The number of amides is 1. The van der Waals surface area contributed by atoms with Gasteiger partial charge in [-0.05, 0) is 20.8 Å². The lowest BCUT2D eigenvalue weighted by Gasteiger charge is -2.23. The van der Waals surface area contributed by atoms with Gasteiger partial charge in [-0.1, -0.05) is 11.6 Å². The summed E-state index contributed by atoms with van der Waals surface area (Å²) in [6.45, 7) is 6.34. The summed E-state index contributed by atoms with van der Waals surface area (Å²) in [6, 6.07) is 0.0731. The maximum Gasteiger partial charge on any atom is 0.285 e. The summed E-state index contributed by atoms with van der Waals surface area (Å²) in [7, 11) is 0. The lowest BCUT2D eigenvalue weighted by Crippen LogP contribution is -2.40. The third-order valence-corrected chi connectivity index (χ3v) is 2.65. The molecule has 100 valence electrons. The van der Waals surface area contributed by atoms with Crippen LogP contribution < -0.4 is 15.8 Å². The summed E-state index contributed by atoms with van der Waals surface area (Å²) in [4.78, 5) is 24.7. The number of aromatic amines is 1. The predicted molar refractivity (Wildman–Crippen MR) is 71.0 cm³/mol. The lowest BCUT2D eigenvalue weighted by atomic mass is 10.3. The Hall–Kier alpha value is -1.56. The number of anilines is 1. The van der Waals surface area contributed by atoms with Crippen molar-refractivity contribution in [1.29, 1.82) is 0 Å². The summed E-state index contributed by atoms with van der Waals surface area (Å²) >= 11 is 5.90. The molecule has 0 bridgehead atoms. The van der Waals surface area contributed by atoms with Gasteiger partial charge in [0.05, 0.1) is 18.4 Å². The van der Waals surface area contributed by atoms with Gasteiger partial charge in [0.15, 0.2) is 0 Å². The lowest BCUT2D eigenvalue weighted by molar-refractivity contribution is -0.120. The topological polar surface area (TPSA) is 78.1 Å². The number of rotatable bonds is 5. The molecule has 0 atom stereocenters. The Morgan fingerprint density at radius 1 is 1.61 bits per heavy atom. The fourth-order valence-corrected chi connectivity index (χ4v) is 1.71. The van der Waals surface area contributed by atoms with Gasteiger partial charge in [0, 0.05) is 12.6 Å². The molecule has 0 unspecified atom stereocenters. The van der Waals surface area contributed by atoms with Crippen LogP contribution in [0, 0.1) is 0 Å². The van der Waals surface area contributed by atoms with Gasteiger partial charge in [-0.2, -0.15) is 5.10 Å². The summed E-state index contributed by atoms with van der Waals surface area (Å²) in [5, 5.41) is 8.75. The van der Waals surface area contributed by atoms with Crippen LogP contribution in [0.2, 0.25) is 5.02 Å². The zero-order valence-corrected chi connectivity index (χ0v) is 11.4. The standard InChI is InChI=1S/C11H17ClN4O2/c1-4-16(6-9(17)14-7(2)3)8-5-13-15-11(18)10(8)12/h5,7H,4,6H2,1-3H3,(H,14,17)(H,15,18). The van der Waals surface area contributed by atoms with E-state index in [0.717, 1.165) is 0 Å². The van der Waals surface area contributed by atoms with E-state index >= 15 is 0 Å². The van der Waals surface area contributed by atoms with E-state index < -0.39 is 5.56 Å². The monoisotopic (exact) mass is 272 g/mol. The predicted octanol–water partition coefficient (Wildman–Crippen LogP) is 0.774. The van der Waals surface area contributed by atoms with Crippen molar-refractivity contribution in [2.45, 2.75) is 26.8 Å². The molecule has 1 rings (SSSR count). The molecule has 0 saturated carbocycles. The number of likely N-dealkylation sites (N-methyl/N-ethyl adjacent to an activating group) is 1. The minimum Gasteiger partial charge on any atom is -0.360 e. The minimum absolute atomic E-state index is 0.0456. The molecule has 0 saturated heterocycles. The van der Waals surface area contributed by atoms with Crippen LogP contribution in [-0.2, 0) is 4.79 Å². The highest BCUT2D eigenvalue weighted by Crippen LogP contribution is 2.19. The Labute approximate surface area is 110 Å². The van der Waals surface area contributed by atoms with Crippen LogP contribution in [0.5, 0.6) is 0 Å². The zero-order valence-electron chi connectivity index (χ0n) is 10.7. The number of carbonyl (C=O) groups is 1. The number of carbonyl (C=O) groups excluding carboxylic acids is 1. The van der Waals surface area contributed by atoms with E-state index in [2.05, 4.69) is 15.5 Å². The van der Waals surface area contributed by atoms with E-state index in [1.54, 1.807) is 4.90 Å². The first-order valence-corrected chi connectivity index (χ1v) is 6.11. The van der Waals surface area contributed by atoms with E-state index in [0.29, 0.717) is 12.2 Å². The second-order valence-corrected chi connectivity index (χ2v) is 4.51. The zero-order chi connectivity index (χ0) is 13.7. The number of H-pyrrole nitrogens is 1. The molecule has 0 aromatic carbocycles. The Morgan fingerprint density at radius 2 is 2.28 bits per heavy atom. The van der Waals surface area contributed by atoms with Crippen molar-refractivity contribution < 1.29 is 4.79 Å². The third kappa shape index (κ3) is 3.73. The van der Waals surface area contributed by atoms with E-state index in [4.69, 9.17) is 11.6 Å². The van der Waals surface area contributed by atoms with Crippen molar-refractivity contribution in [3.8, 4) is 0 Å². The molecule has 0 aliphatic carbocycles. The van der Waals surface area contributed by atoms with Crippen LogP contribution in [-0.4, -0.2) is 35.2 Å². The van der Waals surface area contributed by atoms with Crippen molar-refractivity contribution in [3.63, 3.8) is 0 Å². The van der Waals surface area contributed by atoms with Crippen molar-refractivity contribution in [2.75, 3.05) is 18.0 Å². The van der Waals surface area contributed by atoms with Gasteiger partial charge in [-0.25, -0.2) is 5.10 Å². The van der Waals surface area contributed by atoms with E-state index in [1.807, 2.05) is 20.8 Å². The molecule has 1 heterocycles. The first-order valence-electron chi connectivity index (χ1n) is 5.73. The summed E-state index contributed by atoms with van der Waals surface area (Å²) in [5.74, 6) is -0.122. The highest BCUT2D eigenvalue weighted by atomic mass is 35.5. The molecule has 1 aromatic rings. The van der Waals surface area contributed by atoms with Crippen molar-refractivity contribution >= 4 is 23.2 Å². The van der Waals surface area contributed by atoms with Crippen LogP contribution in [0.3, 0.4) is 0 Å². The summed E-state index contributed by atoms with van der Waals surface area (Å²) in [6.07, 6.45) is 1.44. The maximum absolute atomic E-state index is 11.7. The molecule has 0 radical (unpaired) electrons. The van der Waals surface area contributed by atoms with Gasteiger partial charge in [-0.15, -0.1) is 0 Å². The molecule has 18 heavy (non-hydrogen) atoms. The molecule has 7 heteroatoms. The first kappa shape index (κ1) is 14.5. The second kappa shape index (κ2) is 6.39. The SMILES string of the molecule is CCN(CC(=O)NC(C)C)c1cn[nH]c(=O)c1Cl. The molecule has 1 aromatic heterocycles.